The van der Waals surface area contributed by atoms with Crippen molar-refractivity contribution in [3.8, 4) is 0 Å². The quantitative estimate of drug-likeness (QED) is 0.673. The highest BCUT2D eigenvalue weighted by Crippen LogP contribution is 2.21. The van der Waals surface area contributed by atoms with E-state index in [1.54, 1.807) is 16.4 Å². The Morgan fingerprint density at radius 1 is 1.03 bits per heavy atom. The average molecular weight is 438 g/mol. The van der Waals surface area contributed by atoms with Gasteiger partial charge < -0.3 is 10.1 Å². The normalized spacial score (nSPS) is 20.4. The zero-order valence-corrected chi connectivity index (χ0v) is 18.8. The number of carbonyl (C=O) groups is 1. The minimum Gasteiger partial charge on any atom is -0.379 e. The van der Waals surface area contributed by atoms with Crippen LogP contribution in [0.5, 0.6) is 0 Å². The van der Waals surface area contributed by atoms with E-state index < -0.39 is 10.0 Å². The lowest BCUT2D eigenvalue weighted by Crippen LogP contribution is -2.47. The number of rotatable bonds is 8. The van der Waals surface area contributed by atoms with Crippen molar-refractivity contribution in [1.82, 2.24) is 14.5 Å². The van der Waals surface area contributed by atoms with Gasteiger partial charge in [0.1, 0.15) is 0 Å². The fourth-order valence-electron chi connectivity index (χ4n) is 4.01. The van der Waals surface area contributed by atoms with Gasteiger partial charge in [0, 0.05) is 45.2 Å². The Hall–Kier alpha value is -1.48. The van der Waals surface area contributed by atoms with Crippen LogP contribution < -0.4 is 5.32 Å². The van der Waals surface area contributed by atoms with Crippen molar-refractivity contribution in [3.05, 3.63) is 29.8 Å². The van der Waals surface area contributed by atoms with Gasteiger partial charge in [0.25, 0.3) is 0 Å². The lowest BCUT2D eigenvalue weighted by atomic mass is 10.1. The number of ether oxygens (including phenoxy) is 1. The second-order valence-electron chi connectivity index (χ2n) is 8.26. The van der Waals surface area contributed by atoms with Crippen LogP contribution in [-0.2, 0) is 26.0 Å². The summed E-state index contributed by atoms with van der Waals surface area (Å²) in [5.41, 5.74) is 0.973. The van der Waals surface area contributed by atoms with E-state index in [1.807, 2.05) is 12.1 Å². The van der Waals surface area contributed by atoms with Crippen LogP contribution in [-0.4, -0.2) is 75.5 Å². The molecule has 0 spiro atoms. The van der Waals surface area contributed by atoms with E-state index in [-0.39, 0.29) is 5.91 Å². The molecule has 1 atom stereocenters. The number of amides is 1. The van der Waals surface area contributed by atoms with Gasteiger partial charge in [-0.3, -0.25) is 9.69 Å². The van der Waals surface area contributed by atoms with Crippen molar-refractivity contribution in [2.24, 2.45) is 0 Å². The predicted molar refractivity (Wildman–Crippen MR) is 117 cm³/mol. The van der Waals surface area contributed by atoms with Gasteiger partial charge >= 0.3 is 0 Å². The number of sulfonamides is 1. The molecule has 3 rings (SSSR count). The number of benzene rings is 1. The third kappa shape index (κ3) is 6.51. The fourth-order valence-corrected chi connectivity index (χ4v) is 5.53. The van der Waals surface area contributed by atoms with Crippen molar-refractivity contribution in [2.75, 3.05) is 45.9 Å². The molecule has 2 aliphatic rings. The van der Waals surface area contributed by atoms with Gasteiger partial charge in [0.15, 0.2) is 0 Å². The van der Waals surface area contributed by atoms with E-state index in [0.29, 0.717) is 43.4 Å². The van der Waals surface area contributed by atoms with Crippen molar-refractivity contribution >= 4 is 15.9 Å². The molecule has 2 aliphatic heterocycles. The molecule has 1 unspecified atom stereocenters. The maximum absolute atomic E-state index is 12.8. The SMILES string of the molecule is CC(CNC(=O)CCc1ccc(S(=O)(=O)N2CCCCCC2)cc1)N1CCOCC1. The third-order valence-electron chi connectivity index (χ3n) is 6.03. The molecular formula is C22H35N3O4S. The summed E-state index contributed by atoms with van der Waals surface area (Å²) in [7, 11) is -3.42. The van der Waals surface area contributed by atoms with Gasteiger partial charge in [-0.05, 0) is 43.9 Å². The first-order valence-electron chi connectivity index (χ1n) is 11.1. The summed E-state index contributed by atoms with van der Waals surface area (Å²) < 4.78 is 32.7. The van der Waals surface area contributed by atoms with Crippen molar-refractivity contribution in [2.45, 2.75) is 56.4 Å². The van der Waals surface area contributed by atoms with Crippen molar-refractivity contribution in [1.29, 1.82) is 0 Å². The highest BCUT2D eigenvalue weighted by atomic mass is 32.2. The van der Waals surface area contributed by atoms with Crippen molar-refractivity contribution in [3.63, 3.8) is 0 Å². The molecule has 0 radical (unpaired) electrons. The lowest BCUT2D eigenvalue weighted by Gasteiger charge is -2.32. The van der Waals surface area contributed by atoms with E-state index >= 15 is 0 Å². The molecule has 168 valence electrons. The second-order valence-corrected chi connectivity index (χ2v) is 10.2. The molecule has 0 aromatic heterocycles. The first-order chi connectivity index (χ1) is 14.5. The predicted octanol–water partition coefficient (Wildman–Crippen LogP) is 2.02. The van der Waals surface area contributed by atoms with Crippen LogP contribution in [0.15, 0.2) is 29.2 Å². The maximum atomic E-state index is 12.8. The van der Waals surface area contributed by atoms with Gasteiger partial charge in [-0.15, -0.1) is 0 Å². The highest BCUT2D eigenvalue weighted by molar-refractivity contribution is 7.89. The molecule has 1 aromatic rings. The summed E-state index contributed by atoms with van der Waals surface area (Å²) in [5, 5.41) is 3.01. The Labute approximate surface area is 180 Å². The molecule has 1 N–H and O–H groups in total. The molecule has 0 aliphatic carbocycles. The van der Waals surface area contributed by atoms with E-state index in [2.05, 4.69) is 17.1 Å². The van der Waals surface area contributed by atoms with Crippen LogP contribution in [0.4, 0.5) is 0 Å². The molecule has 2 heterocycles. The fraction of sp³-hybridized carbons (Fsp3) is 0.682. The minimum atomic E-state index is -3.42. The van der Waals surface area contributed by atoms with E-state index in [9.17, 15) is 13.2 Å². The number of morpholine rings is 1. The average Bonchev–Trinajstić information content (AvgIpc) is 3.07. The van der Waals surface area contributed by atoms with E-state index in [1.165, 1.54) is 0 Å². The summed E-state index contributed by atoms with van der Waals surface area (Å²) >= 11 is 0. The summed E-state index contributed by atoms with van der Waals surface area (Å²) in [6.45, 7) is 7.28. The molecule has 0 bridgehead atoms. The van der Waals surface area contributed by atoms with Crippen LogP contribution in [0.3, 0.4) is 0 Å². The molecule has 0 saturated carbocycles. The number of hydrogen-bond donors (Lipinski definition) is 1. The highest BCUT2D eigenvalue weighted by Gasteiger charge is 2.25. The number of hydrogen-bond acceptors (Lipinski definition) is 5. The van der Waals surface area contributed by atoms with E-state index in [4.69, 9.17) is 4.74 Å². The van der Waals surface area contributed by atoms with Crippen molar-refractivity contribution < 1.29 is 17.9 Å². The Morgan fingerprint density at radius 3 is 2.30 bits per heavy atom. The molecule has 2 saturated heterocycles. The molecule has 1 aromatic carbocycles. The van der Waals surface area contributed by atoms with Gasteiger partial charge in [0.05, 0.1) is 18.1 Å². The van der Waals surface area contributed by atoms with Crippen LogP contribution >= 0.6 is 0 Å². The molecule has 30 heavy (non-hydrogen) atoms. The third-order valence-corrected chi connectivity index (χ3v) is 7.94. The summed E-state index contributed by atoms with van der Waals surface area (Å²) in [6.07, 6.45) is 5.04. The Balaban J connectivity index is 1.45. The number of aryl methyl sites for hydroxylation is 1. The smallest absolute Gasteiger partial charge is 0.243 e. The number of nitrogens with one attached hydrogen (secondary N) is 1. The zero-order valence-electron chi connectivity index (χ0n) is 18.0. The van der Waals surface area contributed by atoms with Gasteiger partial charge in [0.2, 0.25) is 15.9 Å². The molecular weight excluding hydrogens is 402 g/mol. The topological polar surface area (TPSA) is 79.0 Å². The molecule has 7 nitrogen and oxygen atoms in total. The van der Waals surface area contributed by atoms with Gasteiger partial charge in [-0.2, -0.15) is 4.31 Å². The number of carbonyl (C=O) groups excluding carboxylic acids is 1. The number of nitrogens with zero attached hydrogens (tertiary/aromatic N) is 2. The molecule has 2 fully saturated rings. The van der Waals surface area contributed by atoms with Crippen LogP contribution in [0, 0.1) is 0 Å². The monoisotopic (exact) mass is 437 g/mol. The summed E-state index contributed by atoms with van der Waals surface area (Å²) in [6, 6.07) is 7.30. The lowest BCUT2D eigenvalue weighted by molar-refractivity contribution is -0.121. The Bertz CT molecular complexity index is 768. The van der Waals surface area contributed by atoms with Gasteiger partial charge in [-0.1, -0.05) is 25.0 Å². The molecule has 8 heteroatoms. The first kappa shape index (κ1) is 23.2. The zero-order chi connectivity index (χ0) is 21.4. The minimum absolute atomic E-state index is 0.0244. The Morgan fingerprint density at radius 2 is 1.67 bits per heavy atom. The van der Waals surface area contributed by atoms with E-state index in [0.717, 1.165) is 57.6 Å². The second kappa shape index (κ2) is 11.2. The van der Waals surface area contributed by atoms with Crippen LogP contribution in [0.2, 0.25) is 0 Å². The Kier molecular flexibility index (Phi) is 8.68. The summed E-state index contributed by atoms with van der Waals surface area (Å²) in [5.74, 6) is 0.0244. The molecule has 1 amide bonds. The van der Waals surface area contributed by atoms with Gasteiger partial charge in [-0.25, -0.2) is 8.42 Å². The van der Waals surface area contributed by atoms with Crippen LogP contribution in [0.25, 0.3) is 0 Å². The maximum Gasteiger partial charge on any atom is 0.243 e. The first-order valence-corrected chi connectivity index (χ1v) is 12.6. The largest absolute Gasteiger partial charge is 0.379 e. The standard InChI is InChI=1S/C22H35N3O4S/c1-19(24-14-16-29-17-15-24)18-23-22(26)11-8-20-6-9-21(10-7-20)30(27,28)25-12-4-2-3-5-13-25/h6-7,9-10,19H,2-5,8,11-18H2,1H3,(H,23,26). The summed E-state index contributed by atoms with van der Waals surface area (Å²) in [4.78, 5) is 14.9. The van der Waals surface area contributed by atoms with Crippen LogP contribution in [0.1, 0.15) is 44.6 Å².